The van der Waals surface area contributed by atoms with Crippen molar-refractivity contribution in [1.82, 2.24) is 20.1 Å². The van der Waals surface area contributed by atoms with Gasteiger partial charge in [-0.3, -0.25) is 4.79 Å². The molecular formula is C14H18N4O3S. The summed E-state index contributed by atoms with van der Waals surface area (Å²) in [5.41, 5.74) is 1.13. The highest BCUT2D eigenvalue weighted by atomic mass is 32.2. The molecule has 0 fully saturated rings. The molecule has 7 nitrogen and oxygen atoms in total. The van der Waals surface area contributed by atoms with Crippen LogP contribution in [-0.4, -0.2) is 35.3 Å². The molecule has 2 aromatic rings. The third-order valence-electron chi connectivity index (χ3n) is 3.09. The molecule has 0 unspecified atom stereocenters. The van der Waals surface area contributed by atoms with Gasteiger partial charge in [0.1, 0.15) is 6.33 Å². The Bertz CT molecular complexity index is 751. The highest BCUT2D eigenvalue weighted by Gasteiger charge is 2.09. The molecule has 0 aliphatic rings. The average molecular weight is 322 g/mol. The zero-order valence-electron chi connectivity index (χ0n) is 12.5. The van der Waals surface area contributed by atoms with E-state index in [1.54, 1.807) is 30.6 Å². The molecule has 2 rings (SSSR count). The highest BCUT2D eigenvalue weighted by molar-refractivity contribution is 7.89. The van der Waals surface area contributed by atoms with Gasteiger partial charge in [-0.1, -0.05) is 12.1 Å². The number of aromatic nitrogens is 3. The van der Waals surface area contributed by atoms with Crippen LogP contribution in [0.5, 0.6) is 0 Å². The van der Waals surface area contributed by atoms with Gasteiger partial charge in [-0.2, -0.15) is 0 Å². The number of aryl methyl sites for hydroxylation is 1. The third kappa shape index (κ3) is 4.39. The Morgan fingerprint density at radius 3 is 2.55 bits per heavy atom. The minimum absolute atomic E-state index is 0.0332. The zero-order valence-corrected chi connectivity index (χ0v) is 13.3. The summed E-state index contributed by atoms with van der Waals surface area (Å²) >= 11 is 0. The quantitative estimate of drug-likeness (QED) is 0.848. The van der Waals surface area contributed by atoms with Crippen molar-refractivity contribution in [2.24, 2.45) is 0 Å². The first-order valence-corrected chi connectivity index (χ1v) is 8.86. The van der Waals surface area contributed by atoms with Gasteiger partial charge in [-0.05, 0) is 24.6 Å². The van der Waals surface area contributed by atoms with Gasteiger partial charge in [-0.15, -0.1) is 10.2 Å². The van der Waals surface area contributed by atoms with E-state index in [0.717, 1.165) is 6.54 Å². The summed E-state index contributed by atoms with van der Waals surface area (Å²) in [6.45, 7) is 2.99. The third-order valence-corrected chi connectivity index (χ3v) is 3.95. The fourth-order valence-corrected chi connectivity index (χ4v) is 2.79. The Balaban J connectivity index is 1.98. The maximum absolute atomic E-state index is 12.0. The van der Waals surface area contributed by atoms with Gasteiger partial charge in [0.2, 0.25) is 0 Å². The molecule has 1 heterocycles. The van der Waals surface area contributed by atoms with E-state index in [2.05, 4.69) is 15.5 Å². The Hall–Kier alpha value is -2.22. The van der Waals surface area contributed by atoms with Crippen LogP contribution in [0.1, 0.15) is 28.7 Å². The van der Waals surface area contributed by atoms with Crippen molar-refractivity contribution in [3.05, 3.63) is 47.5 Å². The number of carbonyl (C=O) groups excluding carboxylic acids is 1. The number of benzene rings is 1. The van der Waals surface area contributed by atoms with Gasteiger partial charge in [0, 0.05) is 18.4 Å². The zero-order chi connectivity index (χ0) is 16.2. The van der Waals surface area contributed by atoms with E-state index < -0.39 is 9.84 Å². The number of nitrogens with zero attached hydrogens (tertiary/aromatic N) is 3. The number of hydrogen-bond acceptors (Lipinski definition) is 5. The monoisotopic (exact) mass is 322 g/mol. The second-order valence-electron chi connectivity index (χ2n) is 4.98. The molecule has 118 valence electrons. The number of rotatable bonds is 6. The molecule has 0 saturated heterocycles. The average Bonchev–Trinajstić information content (AvgIpc) is 2.91. The summed E-state index contributed by atoms with van der Waals surface area (Å²) in [6.07, 6.45) is 2.79. The molecule has 1 amide bonds. The Kier molecular flexibility index (Phi) is 4.92. The number of carbonyl (C=O) groups is 1. The summed E-state index contributed by atoms with van der Waals surface area (Å²) in [5.74, 6) is 0.412. The van der Waals surface area contributed by atoms with E-state index in [0.29, 0.717) is 17.0 Å². The molecule has 0 atom stereocenters. The molecule has 0 bridgehead atoms. The predicted octanol–water partition coefficient (Wildman–Crippen LogP) is 0.773. The van der Waals surface area contributed by atoms with Crippen molar-refractivity contribution in [2.75, 3.05) is 6.26 Å². The van der Waals surface area contributed by atoms with Crippen LogP contribution in [0, 0.1) is 0 Å². The maximum atomic E-state index is 12.0. The first-order chi connectivity index (χ1) is 10.4. The van der Waals surface area contributed by atoms with Crippen LogP contribution < -0.4 is 5.32 Å². The van der Waals surface area contributed by atoms with Crippen LogP contribution >= 0.6 is 0 Å². The Morgan fingerprint density at radius 2 is 1.95 bits per heavy atom. The molecule has 0 saturated carbocycles. The van der Waals surface area contributed by atoms with Gasteiger partial charge in [-0.25, -0.2) is 8.42 Å². The van der Waals surface area contributed by atoms with Crippen molar-refractivity contribution in [3.8, 4) is 0 Å². The lowest BCUT2D eigenvalue weighted by atomic mass is 10.1. The topological polar surface area (TPSA) is 93.9 Å². The number of nitrogens with one attached hydrogen (secondary N) is 1. The lowest BCUT2D eigenvalue weighted by Crippen LogP contribution is -2.24. The number of amides is 1. The SMILES string of the molecule is CCn1cnnc1CNC(=O)c1ccc(CS(C)(=O)=O)cc1. The molecule has 8 heteroatoms. The molecule has 0 aliphatic heterocycles. The van der Waals surface area contributed by atoms with Crippen LogP contribution in [0.2, 0.25) is 0 Å². The van der Waals surface area contributed by atoms with E-state index in [1.165, 1.54) is 6.26 Å². The summed E-state index contributed by atoms with van der Waals surface area (Å²) in [4.78, 5) is 12.0. The largest absolute Gasteiger partial charge is 0.345 e. The molecule has 0 spiro atoms. The summed E-state index contributed by atoms with van der Waals surface area (Å²) < 4.78 is 24.3. The van der Waals surface area contributed by atoms with Crippen molar-refractivity contribution in [2.45, 2.75) is 25.8 Å². The Labute approximate surface area is 129 Å². The predicted molar refractivity (Wildman–Crippen MR) is 81.9 cm³/mol. The normalized spacial score (nSPS) is 11.4. The van der Waals surface area contributed by atoms with Gasteiger partial charge < -0.3 is 9.88 Å². The second-order valence-corrected chi connectivity index (χ2v) is 7.12. The minimum atomic E-state index is -3.08. The number of hydrogen-bond donors (Lipinski definition) is 1. The van der Waals surface area contributed by atoms with E-state index in [-0.39, 0.29) is 18.2 Å². The summed E-state index contributed by atoms with van der Waals surface area (Å²) in [7, 11) is -3.08. The Morgan fingerprint density at radius 1 is 1.27 bits per heavy atom. The van der Waals surface area contributed by atoms with E-state index in [1.807, 2.05) is 11.5 Å². The van der Waals surface area contributed by atoms with Gasteiger partial charge in [0.05, 0.1) is 12.3 Å². The molecular weight excluding hydrogens is 304 g/mol. The van der Waals surface area contributed by atoms with Crippen molar-refractivity contribution >= 4 is 15.7 Å². The molecule has 22 heavy (non-hydrogen) atoms. The lowest BCUT2D eigenvalue weighted by Gasteiger charge is -2.07. The van der Waals surface area contributed by atoms with Crippen molar-refractivity contribution in [1.29, 1.82) is 0 Å². The fourth-order valence-electron chi connectivity index (χ4n) is 2.00. The van der Waals surface area contributed by atoms with E-state index in [4.69, 9.17) is 0 Å². The smallest absolute Gasteiger partial charge is 0.251 e. The number of sulfone groups is 1. The first kappa shape index (κ1) is 16.2. The maximum Gasteiger partial charge on any atom is 0.251 e. The first-order valence-electron chi connectivity index (χ1n) is 6.80. The summed E-state index contributed by atoms with van der Waals surface area (Å²) in [5, 5.41) is 10.5. The van der Waals surface area contributed by atoms with Gasteiger partial charge in [0.25, 0.3) is 5.91 Å². The van der Waals surface area contributed by atoms with Gasteiger partial charge in [0.15, 0.2) is 15.7 Å². The van der Waals surface area contributed by atoms with Crippen molar-refractivity contribution < 1.29 is 13.2 Å². The highest BCUT2D eigenvalue weighted by Crippen LogP contribution is 2.08. The standard InChI is InChI=1S/C14H18N4O3S/c1-3-18-10-16-17-13(18)8-15-14(19)12-6-4-11(5-7-12)9-22(2,20)21/h4-7,10H,3,8-9H2,1-2H3,(H,15,19). The van der Waals surface area contributed by atoms with Crippen LogP contribution in [0.3, 0.4) is 0 Å². The van der Waals surface area contributed by atoms with E-state index >= 15 is 0 Å². The van der Waals surface area contributed by atoms with Crippen LogP contribution in [-0.2, 0) is 28.7 Å². The molecule has 0 aliphatic carbocycles. The van der Waals surface area contributed by atoms with Crippen LogP contribution in [0.25, 0.3) is 0 Å². The molecule has 1 N–H and O–H groups in total. The lowest BCUT2D eigenvalue weighted by molar-refractivity contribution is 0.0949. The van der Waals surface area contributed by atoms with Crippen molar-refractivity contribution in [3.63, 3.8) is 0 Å². The summed E-state index contributed by atoms with van der Waals surface area (Å²) in [6, 6.07) is 6.51. The van der Waals surface area contributed by atoms with Crippen LogP contribution in [0.4, 0.5) is 0 Å². The van der Waals surface area contributed by atoms with Gasteiger partial charge >= 0.3 is 0 Å². The van der Waals surface area contributed by atoms with Crippen LogP contribution in [0.15, 0.2) is 30.6 Å². The molecule has 1 aromatic carbocycles. The molecule has 0 radical (unpaired) electrons. The second kappa shape index (κ2) is 6.69. The molecule has 1 aromatic heterocycles. The van der Waals surface area contributed by atoms with E-state index in [9.17, 15) is 13.2 Å². The minimum Gasteiger partial charge on any atom is -0.345 e. The fraction of sp³-hybridized carbons (Fsp3) is 0.357.